The number of fused-ring (bicyclic) bond motifs is 1. The maximum Gasteiger partial charge on any atom is 0.180 e. The molecular weight excluding hydrogens is 264 g/mol. The summed E-state index contributed by atoms with van der Waals surface area (Å²) in [4.78, 5) is 8.60. The number of halogens is 1. The molecule has 6 nitrogen and oxygen atoms in total. The zero-order valence-corrected chi connectivity index (χ0v) is 10.6. The molecular formula is C12H11ClN6. The Morgan fingerprint density at radius 1 is 1.21 bits per heavy atom. The first-order valence-corrected chi connectivity index (χ1v) is 5.97. The molecule has 0 atom stereocenters. The molecule has 4 N–H and O–H groups in total. The zero-order chi connectivity index (χ0) is 13.2. The molecule has 1 aromatic carbocycles. The van der Waals surface area contributed by atoms with Crippen molar-refractivity contribution in [3.8, 4) is 0 Å². The number of hydrogen-bond acceptors (Lipinski definition) is 5. The summed E-state index contributed by atoms with van der Waals surface area (Å²) in [6.07, 6.45) is 5.28. The fourth-order valence-electron chi connectivity index (χ4n) is 1.76. The Morgan fingerprint density at radius 2 is 2.00 bits per heavy atom. The predicted molar refractivity (Wildman–Crippen MR) is 75.5 cm³/mol. The highest BCUT2D eigenvalue weighted by atomic mass is 35.5. The van der Waals surface area contributed by atoms with Crippen LogP contribution < -0.4 is 16.6 Å². The number of nitrogens with two attached hydrogens (primary N) is 1. The predicted octanol–water partition coefficient (Wildman–Crippen LogP) is 2.41. The van der Waals surface area contributed by atoms with Crippen LogP contribution in [0.1, 0.15) is 0 Å². The van der Waals surface area contributed by atoms with Crippen molar-refractivity contribution in [1.29, 1.82) is 0 Å². The number of rotatable bonds is 3. The van der Waals surface area contributed by atoms with Gasteiger partial charge in [0.1, 0.15) is 0 Å². The van der Waals surface area contributed by atoms with Gasteiger partial charge in [0.25, 0.3) is 0 Å². The Bertz CT molecular complexity index is 706. The van der Waals surface area contributed by atoms with Crippen molar-refractivity contribution in [3.63, 3.8) is 0 Å². The molecule has 0 bridgehead atoms. The number of nitrogens with zero attached hydrogens (tertiary/aromatic N) is 3. The van der Waals surface area contributed by atoms with E-state index >= 15 is 0 Å². The van der Waals surface area contributed by atoms with Crippen LogP contribution in [-0.2, 0) is 0 Å². The summed E-state index contributed by atoms with van der Waals surface area (Å²) in [5.41, 5.74) is 4.11. The molecule has 19 heavy (non-hydrogen) atoms. The van der Waals surface area contributed by atoms with Gasteiger partial charge in [0.15, 0.2) is 17.3 Å². The third-order valence-corrected chi connectivity index (χ3v) is 2.88. The van der Waals surface area contributed by atoms with Gasteiger partial charge in [-0.15, -0.1) is 0 Å². The number of imidazole rings is 1. The molecule has 0 fully saturated rings. The van der Waals surface area contributed by atoms with Gasteiger partial charge < -0.3 is 15.1 Å². The molecule has 0 spiro atoms. The standard InChI is InChI=1S/C12H11ClN6/c13-8-1-3-9(4-2-8)16-11-12-15-5-6-19(12)7-10(17-11)18-14/h1-7,18H,14H2,(H,16,17). The summed E-state index contributed by atoms with van der Waals surface area (Å²) < 4.78 is 1.83. The van der Waals surface area contributed by atoms with E-state index in [-0.39, 0.29) is 0 Å². The van der Waals surface area contributed by atoms with Gasteiger partial charge in [0.2, 0.25) is 0 Å². The van der Waals surface area contributed by atoms with Crippen LogP contribution >= 0.6 is 11.6 Å². The number of hydrazine groups is 1. The molecule has 2 heterocycles. The molecule has 0 radical (unpaired) electrons. The summed E-state index contributed by atoms with van der Waals surface area (Å²) in [6, 6.07) is 7.34. The Labute approximate surface area is 114 Å². The fraction of sp³-hybridized carbons (Fsp3) is 0. The lowest BCUT2D eigenvalue weighted by molar-refractivity contribution is 1.11. The van der Waals surface area contributed by atoms with Crippen LogP contribution in [0.2, 0.25) is 5.02 Å². The average Bonchev–Trinajstić information content (AvgIpc) is 2.89. The molecule has 0 aliphatic heterocycles. The van der Waals surface area contributed by atoms with E-state index in [1.165, 1.54) is 0 Å². The van der Waals surface area contributed by atoms with E-state index in [4.69, 9.17) is 17.4 Å². The fourth-order valence-corrected chi connectivity index (χ4v) is 1.88. The highest BCUT2D eigenvalue weighted by molar-refractivity contribution is 6.30. The summed E-state index contributed by atoms with van der Waals surface area (Å²) in [5, 5.41) is 3.87. The van der Waals surface area contributed by atoms with Gasteiger partial charge in [-0.1, -0.05) is 11.6 Å². The first-order chi connectivity index (χ1) is 9.26. The highest BCUT2D eigenvalue weighted by Gasteiger charge is 2.07. The quantitative estimate of drug-likeness (QED) is 0.505. The van der Waals surface area contributed by atoms with Gasteiger partial charge in [-0.25, -0.2) is 15.8 Å². The lowest BCUT2D eigenvalue weighted by atomic mass is 10.3. The summed E-state index contributed by atoms with van der Waals surface area (Å²) >= 11 is 5.85. The van der Waals surface area contributed by atoms with Crippen LogP contribution in [0.3, 0.4) is 0 Å². The number of aromatic nitrogens is 3. The van der Waals surface area contributed by atoms with E-state index in [9.17, 15) is 0 Å². The second-order valence-electron chi connectivity index (χ2n) is 3.91. The van der Waals surface area contributed by atoms with E-state index < -0.39 is 0 Å². The van der Waals surface area contributed by atoms with Crippen molar-refractivity contribution in [2.45, 2.75) is 0 Å². The maximum atomic E-state index is 5.85. The van der Waals surface area contributed by atoms with Crippen LogP contribution in [0.25, 0.3) is 5.65 Å². The average molecular weight is 275 g/mol. The van der Waals surface area contributed by atoms with Crippen molar-refractivity contribution in [1.82, 2.24) is 14.4 Å². The number of nitrogen functional groups attached to an aromatic ring is 1. The Balaban J connectivity index is 2.03. The number of nitrogens with one attached hydrogen (secondary N) is 2. The normalized spacial score (nSPS) is 10.6. The van der Waals surface area contributed by atoms with Gasteiger partial charge in [-0.2, -0.15) is 0 Å². The minimum absolute atomic E-state index is 0.543. The third kappa shape index (κ3) is 2.31. The maximum absolute atomic E-state index is 5.85. The monoisotopic (exact) mass is 274 g/mol. The van der Waals surface area contributed by atoms with Crippen LogP contribution in [0.15, 0.2) is 42.9 Å². The lowest BCUT2D eigenvalue weighted by Crippen LogP contribution is -2.11. The molecule has 0 saturated carbocycles. The minimum Gasteiger partial charge on any atom is -0.337 e. The minimum atomic E-state index is 0.543. The van der Waals surface area contributed by atoms with Gasteiger partial charge in [0.05, 0.1) is 6.20 Å². The van der Waals surface area contributed by atoms with Crippen molar-refractivity contribution in [2.24, 2.45) is 5.84 Å². The number of benzene rings is 1. The van der Waals surface area contributed by atoms with Crippen molar-refractivity contribution >= 4 is 34.6 Å². The summed E-state index contributed by atoms with van der Waals surface area (Å²) in [7, 11) is 0. The van der Waals surface area contributed by atoms with Crippen LogP contribution in [-0.4, -0.2) is 14.4 Å². The molecule has 96 valence electrons. The molecule has 0 saturated heterocycles. The van der Waals surface area contributed by atoms with Gasteiger partial charge >= 0.3 is 0 Å². The second kappa shape index (κ2) is 4.75. The topological polar surface area (TPSA) is 80.3 Å². The van der Waals surface area contributed by atoms with Gasteiger partial charge in [-0.3, -0.25) is 0 Å². The molecule has 2 aromatic heterocycles. The molecule has 0 unspecified atom stereocenters. The molecule has 3 aromatic rings. The van der Waals surface area contributed by atoms with Crippen molar-refractivity contribution in [3.05, 3.63) is 47.9 Å². The largest absolute Gasteiger partial charge is 0.337 e. The van der Waals surface area contributed by atoms with E-state index in [1.54, 1.807) is 24.5 Å². The number of anilines is 3. The smallest absolute Gasteiger partial charge is 0.180 e. The van der Waals surface area contributed by atoms with Crippen LogP contribution in [0.5, 0.6) is 0 Å². The van der Waals surface area contributed by atoms with Gasteiger partial charge in [0, 0.05) is 23.1 Å². The first kappa shape index (κ1) is 11.8. The third-order valence-electron chi connectivity index (χ3n) is 2.63. The molecule has 3 rings (SSSR count). The van der Waals surface area contributed by atoms with E-state index in [1.807, 2.05) is 22.7 Å². The first-order valence-electron chi connectivity index (χ1n) is 5.59. The SMILES string of the molecule is NNc1cn2ccnc2c(Nc2ccc(Cl)cc2)n1. The molecule has 0 aliphatic rings. The van der Waals surface area contributed by atoms with Gasteiger partial charge in [-0.05, 0) is 24.3 Å². The zero-order valence-electron chi connectivity index (χ0n) is 9.84. The molecule has 0 amide bonds. The summed E-state index contributed by atoms with van der Waals surface area (Å²) in [6.45, 7) is 0. The van der Waals surface area contributed by atoms with Crippen molar-refractivity contribution in [2.75, 3.05) is 10.7 Å². The Kier molecular flexibility index (Phi) is 2.94. The number of hydrogen-bond donors (Lipinski definition) is 3. The van der Waals surface area contributed by atoms with Crippen LogP contribution in [0.4, 0.5) is 17.3 Å². The van der Waals surface area contributed by atoms with E-state index in [0.29, 0.717) is 22.3 Å². The molecule has 7 heteroatoms. The highest BCUT2D eigenvalue weighted by Crippen LogP contribution is 2.22. The van der Waals surface area contributed by atoms with Crippen molar-refractivity contribution < 1.29 is 0 Å². The molecule has 0 aliphatic carbocycles. The van der Waals surface area contributed by atoms with E-state index in [0.717, 1.165) is 5.69 Å². The van der Waals surface area contributed by atoms with Crippen LogP contribution in [0, 0.1) is 0 Å². The van der Waals surface area contributed by atoms with E-state index in [2.05, 4.69) is 20.7 Å². The Hall–Kier alpha value is -2.31. The second-order valence-corrected chi connectivity index (χ2v) is 4.35. The summed E-state index contributed by atoms with van der Waals surface area (Å²) in [5.74, 6) is 6.56. The Morgan fingerprint density at radius 3 is 2.74 bits per heavy atom. The lowest BCUT2D eigenvalue weighted by Gasteiger charge is -2.09.